The first-order valence-electron chi connectivity index (χ1n) is 7.67. The van der Waals surface area contributed by atoms with E-state index in [-0.39, 0.29) is 0 Å². The van der Waals surface area contributed by atoms with Gasteiger partial charge in [0.1, 0.15) is 10.8 Å². The lowest BCUT2D eigenvalue weighted by Gasteiger charge is -2.08. The Labute approximate surface area is 140 Å². The fraction of sp³-hybridized carbons (Fsp3) is 0.211. The first-order chi connectivity index (χ1) is 11.2. The maximum atomic E-state index is 5.65. The number of rotatable bonds is 5. The molecule has 0 unspecified atom stereocenters. The predicted octanol–water partition coefficient (Wildman–Crippen LogP) is 4.51. The molecule has 4 heteroatoms. The standard InChI is InChI=1S/C19H20N2OS/c1-3-13-6-9-18(22-2)16(10-13)17-12-23-19(21-17)15-7-4-14(11-20)5-8-15/h4-10,12H,3,11,20H2,1-2H3. The number of aryl methyl sites for hydroxylation is 1. The summed E-state index contributed by atoms with van der Waals surface area (Å²) in [6, 6.07) is 14.5. The molecule has 3 nitrogen and oxygen atoms in total. The minimum Gasteiger partial charge on any atom is -0.496 e. The average Bonchev–Trinajstić information content (AvgIpc) is 3.11. The van der Waals surface area contributed by atoms with Gasteiger partial charge in [-0.25, -0.2) is 4.98 Å². The zero-order chi connectivity index (χ0) is 16.2. The van der Waals surface area contributed by atoms with E-state index in [9.17, 15) is 0 Å². The highest BCUT2D eigenvalue weighted by molar-refractivity contribution is 7.13. The molecular formula is C19H20N2OS. The van der Waals surface area contributed by atoms with E-state index < -0.39 is 0 Å². The Morgan fingerprint density at radius 2 is 1.83 bits per heavy atom. The summed E-state index contributed by atoms with van der Waals surface area (Å²) in [4.78, 5) is 4.80. The van der Waals surface area contributed by atoms with Gasteiger partial charge < -0.3 is 10.5 Å². The van der Waals surface area contributed by atoms with Gasteiger partial charge >= 0.3 is 0 Å². The third-order valence-electron chi connectivity index (χ3n) is 3.89. The largest absolute Gasteiger partial charge is 0.496 e. The number of nitrogens with zero attached hydrogens (tertiary/aromatic N) is 1. The molecule has 0 saturated heterocycles. The van der Waals surface area contributed by atoms with Gasteiger partial charge in [0.15, 0.2) is 0 Å². The van der Waals surface area contributed by atoms with Gasteiger partial charge in [0.05, 0.1) is 12.8 Å². The average molecular weight is 324 g/mol. The molecule has 118 valence electrons. The van der Waals surface area contributed by atoms with Crippen LogP contribution in [0.4, 0.5) is 0 Å². The number of benzene rings is 2. The second-order valence-electron chi connectivity index (χ2n) is 5.33. The molecule has 1 heterocycles. The Balaban J connectivity index is 1.98. The second-order valence-corrected chi connectivity index (χ2v) is 6.19. The summed E-state index contributed by atoms with van der Waals surface area (Å²) >= 11 is 1.65. The Hall–Kier alpha value is -2.17. The second kappa shape index (κ2) is 6.94. The van der Waals surface area contributed by atoms with Gasteiger partial charge in [0.2, 0.25) is 0 Å². The molecule has 0 fully saturated rings. The molecule has 0 aliphatic carbocycles. The predicted molar refractivity (Wildman–Crippen MR) is 96.8 cm³/mol. The zero-order valence-electron chi connectivity index (χ0n) is 13.4. The van der Waals surface area contributed by atoms with Crippen molar-refractivity contribution in [3.8, 4) is 27.6 Å². The number of hydrogen-bond acceptors (Lipinski definition) is 4. The molecule has 0 atom stereocenters. The highest BCUT2D eigenvalue weighted by Gasteiger charge is 2.12. The third kappa shape index (κ3) is 3.28. The Kier molecular flexibility index (Phi) is 4.74. The fourth-order valence-corrected chi connectivity index (χ4v) is 3.31. The molecule has 23 heavy (non-hydrogen) atoms. The van der Waals surface area contributed by atoms with Gasteiger partial charge in [-0.3, -0.25) is 0 Å². The van der Waals surface area contributed by atoms with Crippen LogP contribution < -0.4 is 10.5 Å². The molecule has 0 aliphatic rings. The lowest BCUT2D eigenvalue weighted by molar-refractivity contribution is 0.416. The van der Waals surface area contributed by atoms with E-state index in [1.807, 2.05) is 6.07 Å². The summed E-state index contributed by atoms with van der Waals surface area (Å²) in [6.45, 7) is 2.71. The van der Waals surface area contributed by atoms with Crippen LogP contribution in [-0.4, -0.2) is 12.1 Å². The highest BCUT2D eigenvalue weighted by Crippen LogP contribution is 2.34. The van der Waals surface area contributed by atoms with E-state index in [4.69, 9.17) is 15.5 Å². The van der Waals surface area contributed by atoms with E-state index in [2.05, 4.69) is 48.7 Å². The number of hydrogen-bond donors (Lipinski definition) is 1. The van der Waals surface area contributed by atoms with Crippen LogP contribution in [0.1, 0.15) is 18.1 Å². The van der Waals surface area contributed by atoms with Crippen LogP contribution in [0, 0.1) is 0 Å². The van der Waals surface area contributed by atoms with Gasteiger partial charge in [-0.1, -0.05) is 37.3 Å². The molecule has 2 aromatic carbocycles. The van der Waals surface area contributed by atoms with E-state index in [1.165, 1.54) is 5.56 Å². The van der Waals surface area contributed by atoms with Crippen LogP contribution in [0.2, 0.25) is 0 Å². The van der Waals surface area contributed by atoms with E-state index >= 15 is 0 Å². The Bertz CT molecular complexity index is 793. The maximum Gasteiger partial charge on any atom is 0.128 e. The first kappa shape index (κ1) is 15.7. The molecule has 3 aromatic rings. The van der Waals surface area contributed by atoms with Gasteiger partial charge in [0, 0.05) is 23.1 Å². The quantitative estimate of drug-likeness (QED) is 0.751. The molecule has 0 bridgehead atoms. The third-order valence-corrected chi connectivity index (χ3v) is 4.78. The normalized spacial score (nSPS) is 10.7. The van der Waals surface area contributed by atoms with Crippen molar-refractivity contribution < 1.29 is 4.74 Å². The molecule has 2 N–H and O–H groups in total. The zero-order valence-corrected chi connectivity index (χ0v) is 14.2. The van der Waals surface area contributed by atoms with Crippen LogP contribution in [0.5, 0.6) is 5.75 Å². The number of methoxy groups -OCH3 is 1. The summed E-state index contributed by atoms with van der Waals surface area (Å²) in [5.41, 5.74) is 11.2. The van der Waals surface area contributed by atoms with Crippen molar-refractivity contribution >= 4 is 11.3 Å². The molecule has 0 saturated carbocycles. The highest BCUT2D eigenvalue weighted by atomic mass is 32.1. The molecule has 0 spiro atoms. The number of thiazole rings is 1. The Morgan fingerprint density at radius 1 is 1.09 bits per heavy atom. The lowest BCUT2D eigenvalue weighted by Crippen LogP contribution is -1.95. The SMILES string of the molecule is CCc1ccc(OC)c(-c2csc(-c3ccc(CN)cc3)n2)c1. The molecule has 3 rings (SSSR count). The van der Waals surface area contributed by atoms with Gasteiger partial charge in [-0.05, 0) is 29.7 Å². The topological polar surface area (TPSA) is 48.1 Å². The van der Waals surface area contributed by atoms with Crippen LogP contribution in [0.25, 0.3) is 21.8 Å². The van der Waals surface area contributed by atoms with Gasteiger partial charge in [-0.2, -0.15) is 0 Å². The summed E-state index contributed by atoms with van der Waals surface area (Å²) in [6.07, 6.45) is 0.995. The van der Waals surface area contributed by atoms with Crippen molar-refractivity contribution in [2.24, 2.45) is 5.73 Å². The molecule has 0 amide bonds. The van der Waals surface area contributed by atoms with Crippen molar-refractivity contribution in [1.29, 1.82) is 0 Å². The number of aromatic nitrogens is 1. The van der Waals surface area contributed by atoms with Gasteiger partial charge in [-0.15, -0.1) is 11.3 Å². The van der Waals surface area contributed by atoms with Crippen LogP contribution in [-0.2, 0) is 13.0 Å². The van der Waals surface area contributed by atoms with Crippen LogP contribution >= 0.6 is 11.3 Å². The number of ether oxygens (including phenoxy) is 1. The van der Waals surface area contributed by atoms with E-state index in [0.29, 0.717) is 6.54 Å². The minimum absolute atomic E-state index is 0.560. The summed E-state index contributed by atoms with van der Waals surface area (Å²) in [5, 5.41) is 3.09. The molecule has 0 radical (unpaired) electrons. The van der Waals surface area contributed by atoms with Crippen LogP contribution in [0.15, 0.2) is 47.8 Å². The Morgan fingerprint density at radius 3 is 2.48 bits per heavy atom. The summed E-state index contributed by atoms with van der Waals surface area (Å²) in [5.74, 6) is 0.859. The van der Waals surface area contributed by atoms with Crippen molar-refractivity contribution in [2.45, 2.75) is 19.9 Å². The molecule has 0 aliphatic heterocycles. The summed E-state index contributed by atoms with van der Waals surface area (Å²) in [7, 11) is 1.70. The van der Waals surface area contributed by atoms with E-state index in [1.54, 1.807) is 18.4 Å². The monoisotopic (exact) mass is 324 g/mol. The maximum absolute atomic E-state index is 5.65. The lowest BCUT2D eigenvalue weighted by atomic mass is 10.1. The van der Waals surface area contributed by atoms with Crippen LogP contribution in [0.3, 0.4) is 0 Å². The molecular weight excluding hydrogens is 304 g/mol. The first-order valence-corrected chi connectivity index (χ1v) is 8.55. The summed E-state index contributed by atoms with van der Waals surface area (Å²) < 4.78 is 5.50. The van der Waals surface area contributed by atoms with Crippen molar-refractivity contribution in [1.82, 2.24) is 4.98 Å². The van der Waals surface area contributed by atoms with Gasteiger partial charge in [0.25, 0.3) is 0 Å². The fourth-order valence-electron chi connectivity index (χ4n) is 2.49. The van der Waals surface area contributed by atoms with Crippen molar-refractivity contribution in [3.05, 3.63) is 59.0 Å². The minimum atomic E-state index is 0.560. The smallest absolute Gasteiger partial charge is 0.128 e. The molecule has 1 aromatic heterocycles. The van der Waals surface area contributed by atoms with E-state index in [0.717, 1.165) is 39.6 Å². The van der Waals surface area contributed by atoms with Crippen molar-refractivity contribution in [2.75, 3.05) is 7.11 Å². The van der Waals surface area contributed by atoms with Crippen molar-refractivity contribution in [3.63, 3.8) is 0 Å². The number of nitrogens with two attached hydrogens (primary N) is 1.